The van der Waals surface area contributed by atoms with Gasteiger partial charge in [0, 0.05) is 5.38 Å². The summed E-state index contributed by atoms with van der Waals surface area (Å²) in [6, 6.07) is 0. The zero-order chi connectivity index (χ0) is 15.7. The molecule has 0 radical (unpaired) electrons. The Kier molecular flexibility index (Phi) is 8.32. The SMILES string of the molecule is CCOC(=O)c1nc(C(=O)O)cs1.O=C(O)C(=O)CBr. The van der Waals surface area contributed by atoms with Crippen molar-refractivity contribution in [3.8, 4) is 0 Å². The van der Waals surface area contributed by atoms with Crippen LogP contribution in [-0.4, -0.2) is 50.8 Å². The Hall–Kier alpha value is -1.81. The molecular formula is C10H10BrNO7S. The smallest absolute Gasteiger partial charge is 0.373 e. The quantitative estimate of drug-likeness (QED) is 0.448. The van der Waals surface area contributed by atoms with Crippen molar-refractivity contribution < 1.29 is 34.1 Å². The van der Waals surface area contributed by atoms with Crippen molar-refractivity contribution in [3.63, 3.8) is 0 Å². The number of esters is 1. The third kappa shape index (κ3) is 6.38. The number of carbonyl (C=O) groups is 4. The lowest BCUT2D eigenvalue weighted by Crippen LogP contribution is -2.12. The molecule has 1 rings (SSSR count). The van der Waals surface area contributed by atoms with Gasteiger partial charge in [-0.05, 0) is 6.92 Å². The summed E-state index contributed by atoms with van der Waals surface area (Å²) in [5, 5.41) is 17.6. The van der Waals surface area contributed by atoms with Crippen LogP contribution in [-0.2, 0) is 14.3 Å². The maximum absolute atomic E-state index is 11.0. The molecule has 0 aliphatic rings. The molecule has 0 amide bonds. The Labute approximate surface area is 125 Å². The lowest BCUT2D eigenvalue weighted by Gasteiger charge is -1.94. The fourth-order valence-corrected chi connectivity index (χ4v) is 1.64. The highest BCUT2D eigenvalue weighted by Crippen LogP contribution is 2.10. The number of aromatic carboxylic acids is 1. The van der Waals surface area contributed by atoms with Gasteiger partial charge in [-0.2, -0.15) is 0 Å². The van der Waals surface area contributed by atoms with Crippen LogP contribution >= 0.6 is 27.3 Å². The Balaban J connectivity index is 0.000000441. The number of Topliss-reactive ketones (excluding diaryl/α,β-unsaturated/α-hetero) is 1. The van der Waals surface area contributed by atoms with Gasteiger partial charge >= 0.3 is 17.9 Å². The van der Waals surface area contributed by atoms with Crippen LogP contribution < -0.4 is 0 Å². The standard InChI is InChI=1S/C7H7NO4S.C3H3BrO3/c1-2-12-7(11)5-8-4(3-13-5)6(9)10;4-1-2(5)3(6)7/h3H,2H2,1H3,(H,9,10);1H2,(H,6,7). The second-order valence-electron chi connectivity index (χ2n) is 2.93. The zero-order valence-electron chi connectivity index (χ0n) is 10.2. The number of nitrogens with zero attached hydrogens (tertiary/aromatic N) is 1. The topological polar surface area (TPSA) is 131 Å². The van der Waals surface area contributed by atoms with Crippen molar-refractivity contribution in [2.24, 2.45) is 0 Å². The molecule has 0 saturated heterocycles. The molecule has 0 bridgehead atoms. The van der Waals surface area contributed by atoms with E-state index >= 15 is 0 Å². The number of alkyl halides is 1. The molecule has 10 heteroatoms. The first-order valence-corrected chi connectivity index (χ1v) is 7.01. The summed E-state index contributed by atoms with van der Waals surface area (Å²) in [4.78, 5) is 44.4. The third-order valence-electron chi connectivity index (χ3n) is 1.53. The first kappa shape index (κ1) is 18.2. The minimum Gasteiger partial charge on any atom is -0.476 e. The maximum Gasteiger partial charge on any atom is 0.373 e. The Morgan fingerprint density at radius 2 is 1.95 bits per heavy atom. The van der Waals surface area contributed by atoms with E-state index in [9.17, 15) is 19.2 Å². The summed E-state index contributed by atoms with van der Waals surface area (Å²) >= 11 is 3.64. The van der Waals surface area contributed by atoms with Crippen LogP contribution in [0.1, 0.15) is 27.2 Å². The summed E-state index contributed by atoms with van der Waals surface area (Å²) in [5.74, 6) is -3.94. The van der Waals surface area contributed by atoms with E-state index in [0.717, 1.165) is 11.3 Å². The fraction of sp³-hybridized carbons (Fsp3) is 0.300. The minimum absolute atomic E-state index is 0.0688. The summed E-state index contributed by atoms with van der Waals surface area (Å²) in [6.45, 7) is 1.92. The van der Waals surface area contributed by atoms with Gasteiger partial charge in [0.05, 0.1) is 11.9 Å². The Morgan fingerprint density at radius 3 is 2.25 bits per heavy atom. The highest BCUT2D eigenvalue weighted by molar-refractivity contribution is 9.09. The molecule has 2 N–H and O–H groups in total. The van der Waals surface area contributed by atoms with Gasteiger partial charge in [0.25, 0.3) is 0 Å². The van der Waals surface area contributed by atoms with Gasteiger partial charge in [0.1, 0.15) is 0 Å². The van der Waals surface area contributed by atoms with Crippen molar-refractivity contribution in [2.45, 2.75) is 6.92 Å². The predicted octanol–water partition coefficient (Wildman–Crippen LogP) is 1.05. The summed E-state index contributed by atoms with van der Waals surface area (Å²) in [7, 11) is 0. The van der Waals surface area contributed by atoms with Crippen molar-refractivity contribution in [3.05, 3.63) is 16.1 Å². The van der Waals surface area contributed by atoms with Gasteiger partial charge in [-0.15, -0.1) is 11.3 Å². The summed E-state index contributed by atoms with van der Waals surface area (Å²) in [5.41, 5.74) is -0.131. The number of ether oxygens (including phenoxy) is 1. The van der Waals surface area contributed by atoms with E-state index in [2.05, 4.69) is 25.7 Å². The summed E-state index contributed by atoms with van der Waals surface area (Å²) < 4.78 is 4.64. The Morgan fingerprint density at radius 1 is 1.35 bits per heavy atom. The molecule has 0 atom stereocenters. The zero-order valence-corrected chi connectivity index (χ0v) is 12.6. The third-order valence-corrected chi connectivity index (χ3v) is 2.86. The average Bonchev–Trinajstić information content (AvgIpc) is 2.88. The molecular weight excluding hydrogens is 358 g/mol. The number of hydrogen-bond donors (Lipinski definition) is 2. The van der Waals surface area contributed by atoms with E-state index in [1.54, 1.807) is 6.92 Å². The van der Waals surface area contributed by atoms with Gasteiger partial charge in [-0.1, -0.05) is 15.9 Å². The highest BCUT2D eigenvalue weighted by Gasteiger charge is 2.14. The van der Waals surface area contributed by atoms with Crippen molar-refractivity contribution in [2.75, 3.05) is 11.9 Å². The number of thiazole rings is 1. The van der Waals surface area contributed by atoms with E-state index in [1.807, 2.05) is 0 Å². The van der Waals surface area contributed by atoms with Gasteiger partial charge in [-0.25, -0.2) is 19.4 Å². The van der Waals surface area contributed by atoms with Gasteiger partial charge in [0.15, 0.2) is 5.69 Å². The molecule has 0 aliphatic heterocycles. The van der Waals surface area contributed by atoms with Gasteiger partial charge < -0.3 is 14.9 Å². The van der Waals surface area contributed by atoms with E-state index in [4.69, 9.17) is 10.2 Å². The van der Waals surface area contributed by atoms with Crippen LogP contribution in [0.25, 0.3) is 0 Å². The first-order valence-electron chi connectivity index (χ1n) is 5.01. The number of carboxylic acid groups (broad SMARTS) is 2. The second-order valence-corrected chi connectivity index (χ2v) is 4.34. The molecule has 0 spiro atoms. The van der Waals surface area contributed by atoms with Gasteiger partial charge in [0.2, 0.25) is 10.8 Å². The number of carbonyl (C=O) groups excluding carboxylic acids is 2. The van der Waals surface area contributed by atoms with Gasteiger partial charge in [-0.3, -0.25) is 4.79 Å². The molecule has 110 valence electrons. The van der Waals surface area contributed by atoms with Crippen LogP contribution in [0.2, 0.25) is 0 Å². The second kappa shape index (κ2) is 9.15. The van der Waals surface area contributed by atoms with E-state index < -0.39 is 23.7 Å². The number of aliphatic carboxylic acids is 1. The minimum atomic E-state index is -1.39. The van der Waals surface area contributed by atoms with E-state index in [0.29, 0.717) is 0 Å². The molecule has 8 nitrogen and oxygen atoms in total. The fourth-order valence-electron chi connectivity index (χ4n) is 0.716. The number of halogens is 1. The number of hydrogen-bond acceptors (Lipinski definition) is 7. The Bertz CT molecular complexity index is 513. The lowest BCUT2D eigenvalue weighted by molar-refractivity contribution is -0.147. The van der Waals surface area contributed by atoms with E-state index in [-0.39, 0.29) is 22.6 Å². The van der Waals surface area contributed by atoms with Crippen molar-refractivity contribution in [1.82, 2.24) is 4.98 Å². The monoisotopic (exact) mass is 367 g/mol. The molecule has 0 fully saturated rings. The molecule has 0 aromatic carbocycles. The van der Waals surface area contributed by atoms with Crippen molar-refractivity contribution >= 4 is 51.0 Å². The number of carboxylic acids is 2. The lowest BCUT2D eigenvalue weighted by atomic mass is 10.5. The van der Waals surface area contributed by atoms with Crippen LogP contribution in [0, 0.1) is 0 Å². The molecule has 0 aliphatic carbocycles. The molecule has 1 aromatic rings. The number of ketones is 1. The van der Waals surface area contributed by atoms with Crippen molar-refractivity contribution in [1.29, 1.82) is 0 Å². The molecule has 1 heterocycles. The molecule has 0 unspecified atom stereocenters. The van der Waals surface area contributed by atoms with E-state index in [1.165, 1.54) is 5.38 Å². The van der Waals surface area contributed by atoms with Crippen LogP contribution in [0.5, 0.6) is 0 Å². The highest BCUT2D eigenvalue weighted by atomic mass is 79.9. The van der Waals surface area contributed by atoms with Crippen LogP contribution in [0.3, 0.4) is 0 Å². The number of rotatable bonds is 5. The van der Waals surface area contributed by atoms with Crippen LogP contribution in [0.15, 0.2) is 5.38 Å². The first-order chi connectivity index (χ1) is 9.33. The average molecular weight is 368 g/mol. The molecule has 0 saturated carbocycles. The largest absolute Gasteiger partial charge is 0.476 e. The normalized spacial score (nSPS) is 9.10. The molecule has 20 heavy (non-hydrogen) atoms. The maximum atomic E-state index is 11.0. The molecule has 1 aromatic heterocycles. The summed E-state index contributed by atoms with van der Waals surface area (Å²) in [6.07, 6.45) is 0. The van der Waals surface area contributed by atoms with Crippen LogP contribution in [0.4, 0.5) is 0 Å². The predicted molar refractivity (Wildman–Crippen MR) is 71.5 cm³/mol. The number of aromatic nitrogens is 1.